The highest BCUT2D eigenvalue weighted by Crippen LogP contribution is 2.44. The molecule has 0 heterocycles. The van der Waals surface area contributed by atoms with E-state index in [1.807, 2.05) is 0 Å². The summed E-state index contributed by atoms with van der Waals surface area (Å²) < 4.78 is 23.3. The highest BCUT2D eigenvalue weighted by Gasteiger charge is 2.44. The van der Waals surface area contributed by atoms with E-state index in [1.165, 1.54) is 43.3 Å². The first-order valence-electron chi connectivity index (χ1n) is 8.44. The van der Waals surface area contributed by atoms with Gasteiger partial charge < -0.3 is 10.2 Å². The molecular formula is C16H30N2O3S. The Labute approximate surface area is 134 Å². The van der Waals surface area contributed by atoms with Crippen molar-refractivity contribution in [2.24, 2.45) is 11.8 Å². The molecular weight excluding hydrogens is 300 g/mol. The number of sulfone groups is 1. The molecule has 0 spiro atoms. The van der Waals surface area contributed by atoms with Crippen LogP contribution in [-0.4, -0.2) is 50.0 Å². The van der Waals surface area contributed by atoms with Crippen molar-refractivity contribution in [1.29, 1.82) is 0 Å². The number of carbonyl (C=O) groups excluding carboxylic acids is 1. The molecule has 0 unspecified atom stereocenters. The van der Waals surface area contributed by atoms with Gasteiger partial charge in [0.05, 0.1) is 5.25 Å². The van der Waals surface area contributed by atoms with Gasteiger partial charge in [-0.2, -0.15) is 0 Å². The van der Waals surface area contributed by atoms with Crippen molar-refractivity contribution in [2.45, 2.75) is 69.7 Å². The lowest BCUT2D eigenvalue weighted by Gasteiger charge is -2.29. The molecule has 0 saturated heterocycles. The zero-order chi connectivity index (χ0) is 16.5. The van der Waals surface area contributed by atoms with Gasteiger partial charge in [-0.3, -0.25) is 0 Å². The molecule has 5 nitrogen and oxygen atoms in total. The predicted molar refractivity (Wildman–Crippen MR) is 88.5 cm³/mol. The minimum absolute atomic E-state index is 0.147. The molecule has 0 bridgehead atoms. The standard InChI is InChI=1S/C16H30N2O3S/c1-11(12(2)22(4,20)21)18(3)16(19)17-15-10-14(15)13-8-6-5-7-9-13/h11-15H,5-10H2,1-4H3,(H,17,19)/t11-,12+,14+,15+/m1/s1. The lowest BCUT2D eigenvalue weighted by atomic mass is 9.85. The molecule has 0 aromatic carbocycles. The van der Waals surface area contributed by atoms with Crippen molar-refractivity contribution in [3.8, 4) is 0 Å². The van der Waals surface area contributed by atoms with Gasteiger partial charge in [-0.05, 0) is 32.1 Å². The average Bonchev–Trinajstić information content (AvgIpc) is 3.24. The van der Waals surface area contributed by atoms with Gasteiger partial charge in [-0.15, -0.1) is 0 Å². The molecule has 4 atom stereocenters. The van der Waals surface area contributed by atoms with E-state index in [9.17, 15) is 13.2 Å². The summed E-state index contributed by atoms with van der Waals surface area (Å²) in [6, 6.07) is -0.188. The molecule has 2 aliphatic rings. The van der Waals surface area contributed by atoms with E-state index in [0.717, 1.165) is 12.3 Å². The zero-order valence-electron chi connectivity index (χ0n) is 14.2. The number of nitrogens with one attached hydrogen (secondary N) is 1. The van der Waals surface area contributed by atoms with Crippen molar-refractivity contribution in [3.63, 3.8) is 0 Å². The summed E-state index contributed by atoms with van der Waals surface area (Å²) in [7, 11) is -1.46. The van der Waals surface area contributed by atoms with Crippen LogP contribution in [0.5, 0.6) is 0 Å². The largest absolute Gasteiger partial charge is 0.335 e. The van der Waals surface area contributed by atoms with Crippen molar-refractivity contribution in [2.75, 3.05) is 13.3 Å². The van der Waals surface area contributed by atoms with E-state index in [-0.39, 0.29) is 12.1 Å². The lowest BCUT2D eigenvalue weighted by Crippen LogP contribution is -2.49. The number of rotatable bonds is 5. The maximum atomic E-state index is 12.3. The fourth-order valence-corrected chi connectivity index (χ4v) is 4.48. The number of hydrogen-bond donors (Lipinski definition) is 1. The van der Waals surface area contributed by atoms with Crippen LogP contribution >= 0.6 is 0 Å². The van der Waals surface area contributed by atoms with Gasteiger partial charge in [0.25, 0.3) is 0 Å². The Morgan fingerprint density at radius 3 is 2.32 bits per heavy atom. The number of urea groups is 1. The van der Waals surface area contributed by atoms with Gasteiger partial charge in [0.1, 0.15) is 0 Å². The number of hydrogen-bond acceptors (Lipinski definition) is 3. The third-order valence-corrected chi connectivity index (χ3v) is 7.43. The van der Waals surface area contributed by atoms with E-state index in [1.54, 1.807) is 20.9 Å². The maximum absolute atomic E-state index is 12.3. The van der Waals surface area contributed by atoms with Crippen molar-refractivity contribution in [3.05, 3.63) is 0 Å². The first-order valence-corrected chi connectivity index (χ1v) is 10.4. The molecule has 2 amide bonds. The quantitative estimate of drug-likeness (QED) is 0.842. The Balaban J connectivity index is 1.82. The van der Waals surface area contributed by atoms with Crippen LogP contribution in [0.4, 0.5) is 4.79 Å². The van der Waals surface area contributed by atoms with Crippen LogP contribution in [0.3, 0.4) is 0 Å². The molecule has 0 aliphatic heterocycles. The Morgan fingerprint density at radius 2 is 1.77 bits per heavy atom. The number of carbonyl (C=O) groups is 1. The molecule has 128 valence electrons. The lowest BCUT2D eigenvalue weighted by molar-refractivity contribution is 0.191. The van der Waals surface area contributed by atoms with Gasteiger partial charge >= 0.3 is 6.03 Å². The van der Waals surface area contributed by atoms with Gasteiger partial charge in [0, 0.05) is 25.4 Å². The van der Waals surface area contributed by atoms with Gasteiger partial charge in [0.15, 0.2) is 9.84 Å². The van der Waals surface area contributed by atoms with Crippen LogP contribution in [-0.2, 0) is 9.84 Å². The first kappa shape index (κ1) is 17.6. The molecule has 0 aromatic rings. The third-order valence-electron chi connectivity index (χ3n) is 5.69. The van der Waals surface area contributed by atoms with Gasteiger partial charge in [0.2, 0.25) is 0 Å². The third kappa shape index (κ3) is 4.15. The normalized spacial score (nSPS) is 28.7. The van der Waals surface area contributed by atoms with Gasteiger partial charge in [-0.25, -0.2) is 13.2 Å². The van der Waals surface area contributed by atoms with Crippen LogP contribution in [0, 0.1) is 11.8 Å². The number of amides is 2. The Bertz CT molecular complexity index is 500. The summed E-state index contributed by atoms with van der Waals surface area (Å²) in [6.45, 7) is 3.45. The molecule has 2 aliphatic carbocycles. The minimum atomic E-state index is -3.14. The van der Waals surface area contributed by atoms with Crippen molar-refractivity contribution >= 4 is 15.9 Å². The van der Waals surface area contributed by atoms with Gasteiger partial charge in [-0.1, -0.05) is 32.1 Å². The fourth-order valence-electron chi connectivity index (χ4n) is 3.58. The van der Waals surface area contributed by atoms with E-state index in [4.69, 9.17) is 0 Å². The summed E-state index contributed by atoms with van der Waals surface area (Å²) in [5.41, 5.74) is 0. The predicted octanol–water partition coefficient (Wildman–Crippen LogP) is 2.42. The molecule has 0 radical (unpaired) electrons. The Morgan fingerprint density at radius 1 is 1.18 bits per heavy atom. The van der Waals surface area contributed by atoms with E-state index < -0.39 is 15.1 Å². The summed E-state index contributed by atoms with van der Waals surface area (Å²) in [5, 5.41) is 2.52. The van der Waals surface area contributed by atoms with E-state index >= 15 is 0 Å². The van der Waals surface area contributed by atoms with E-state index in [0.29, 0.717) is 12.0 Å². The summed E-state index contributed by atoms with van der Waals surface area (Å²) in [4.78, 5) is 13.8. The maximum Gasteiger partial charge on any atom is 0.317 e. The second kappa shape index (κ2) is 6.77. The highest BCUT2D eigenvalue weighted by molar-refractivity contribution is 7.91. The van der Waals surface area contributed by atoms with Crippen LogP contribution < -0.4 is 5.32 Å². The summed E-state index contributed by atoms with van der Waals surface area (Å²) >= 11 is 0. The molecule has 2 rings (SSSR count). The fraction of sp³-hybridized carbons (Fsp3) is 0.938. The highest BCUT2D eigenvalue weighted by atomic mass is 32.2. The zero-order valence-corrected chi connectivity index (χ0v) is 15.0. The first-order chi connectivity index (χ1) is 10.2. The Kier molecular flexibility index (Phi) is 5.41. The molecule has 2 saturated carbocycles. The van der Waals surface area contributed by atoms with Crippen LogP contribution in [0.1, 0.15) is 52.4 Å². The van der Waals surface area contributed by atoms with Crippen LogP contribution in [0.25, 0.3) is 0 Å². The minimum Gasteiger partial charge on any atom is -0.335 e. The Hall–Kier alpha value is -0.780. The second-order valence-electron chi connectivity index (χ2n) is 7.24. The average molecular weight is 330 g/mol. The van der Waals surface area contributed by atoms with E-state index in [2.05, 4.69) is 5.32 Å². The second-order valence-corrected chi connectivity index (χ2v) is 9.64. The summed E-state index contributed by atoms with van der Waals surface area (Å²) in [6.07, 6.45) is 8.90. The molecule has 6 heteroatoms. The van der Waals surface area contributed by atoms with Crippen LogP contribution in [0.15, 0.2) is 0 Å². The van der Waals surface area contributed by atoms with Crippen LogP contribution in [0.2, 0.25) is 0 Å². The van der Waals surface area contributed by atoms with Crippen molar-refractivity contribution < 1.29 is 13.2 Å². The smallest absolute Gasteiger partial charge is 0.317 e. The molecule has 0 aromatic heterocycles. The molecule has 22 heavy (non-hydrogen) atoms. The SMILES string of the molecule is C[C@H]([C@H](C)S(C)(=O)=O)N(C)C(=O)N[C@H]1C[C@H]1C1CCCCC1. The van der Waals surface area contributed by atoms with Crippen molar-refractivity contribution in [1.82, 2.24) is 10.2 Å². The number of nitrogens with zero attached hydrogens (tertiary/aromatic N) is 1. The molecule has 2 fully saturated rings. The molecule has 1 N–H and O–H groups in total. The summed E-state index contributed by atoms with van der Waals surface area (Å²) in [5.74, 6) is 1.41. The monoisotopic (exact) mass is 330 g/mol. The topological polar surface area (TPSA) is 66.5 Å².